The molecule has 0 bridgehead atoms. The molecule has 0 aromatic heterocycles. The number of unbranched alkanes of at least 4 members (excludes halogenated alkanes) is 10. The Morgan fingerprint density at radius 2 is 0.700 bits per heavy atom. The van der Waals surface area contributed by atoms with Crippen LogP contribution in [0, 0.1) is 0 Å². The minimum absolute atomic E-state index is 0.129. The van der Waals surface area contributed by atoms with E-state index in [1.165, 1.54) is 89.9 Å². The van der Waals surface area contributed by atoms with Crippen molar-refractivity contribution in [2.24, 2.45) is 0 Å². The van der Waals surface area contributed by atoms with E-state index >= 15 is 0 Å². The van der Waals surface area contributed by atoms with Crippen LogP contribution in [0.15, 0.2) is 9.59 Å². The zero-order valence-electron chi connectivity index (χ0n) is 20.7. The Morgan fingerprint density at radius 1 is 0.433 bits per heavy atom. The molecule has 0 aliphatic heterocycles. The van der Waals surface area contributed by atoms with Gasteiger partial charge in [0, 0.05) is 11.1 Å². The van der Waals surface area contributed by atoms with Crippen molar-refractivity contribution < 1.29 is 0 Å². The van der Waals surface area contributed by atoms with Crippen LogP contribution in [-0.2, 0) is 0 Å². The van der Waals surface area contributed by atoms with Gasteiger partial charge in [0.2, 0.25) is 10.9 Å². The molecule has 2 atom stereocenters. The van der Waals surface area contributed by atoms with E-state index in [1.54, 1.807) is 0 Å². The Kier molecular flexibility index (Phi) is 15.1. The molecule has 0 saturated carbocycles. The molecule has 2 nitrogen and oxygen atoms in total. The fourth-order valence-electron chi connectivity index (χ4n) is 5.02. The quantitative estimate of drug-likeness (QED) is 0.157. The topological polar surface area (TPSA) is 34.1 Å². The predicted octanol–water partition coefficient (Wildman–Crippen LogP) is 8.55. The monoisotopic (exact) mass is 418 g/mol. The van der Waals surface area contributed by atoms with Gasteiger partial charge in [0.15, 0.2) is 0 Å². The van der Waals surface area contributed by atoms with Crippen molar-refractivity contribution in [3.8, 4) is 0 Å². The standard InChI is InChI=1S/C28H50O2/c1-5-9-13-17-21-23(19-15-11-7-3)25-26(28(30)27(25)29)24(20-16-12-8-4)22-18-14-10-6-2/h23-24H,5-22H2,1-4H3. The smallest absolute Gasteiger partial charge is 0.229 e. The molecule has 1 aromatic carbocycles. The predicted molar refractivity (Wildman–Crippen MR) is 133 cm³/mol. The molecular formula is C28H50O2. The highest BCUT2D eigenvalue weighted by molar-refractivity contribution is 5.39. The van der Waals surface area contributed by atoms with Crippen molar-refractivity contribution >= 4 is 0 Å². The fourth-order valence-corrected chi connectivity index (χ4v) is 5.02. The molecule has 0 spiro atoms. The van der Waals surface area contributed by atoms with Gasteiger partial charge in [-0.1, -0.05) is 118 Å². The lowest BCUT2D eigenvalue weighted by Crippen LogP contribution is -2.42. The van der Waals surface area contributed by atoms with Crippen LogP contribution in [0.25, 0.3) is 0 Å². The van der Waals surface area contributed by atoms with Gasteiger partial charge in [-0.2, -0.15) is 0 Å². The summed E-state index contributed by atoms with van der Waals surface area (Å²) in [6.45, 7) is 8.96. The van der Waals surface area contributed by atoms with Gasteiger partial charge in [0.25, 0.3) is 0 Å². The lowest BCUT2D eigenvalue weighted by Gasteiger charge is -2.27. The molecule has 0 amide bonds. The summed E-state index contributed by atoms with van der Waals surface area (Å²) in [5, 5.41) is 0. The second-order valence-electron chi connectivity index (χ2n) is 9.57. The number of hydrogen-bond donors (Lipinski definition) is 0. The zero-order chi connectivity index (χ0) is 22.2. The third kappa shape index (κ3) is 9.06. The first kappa shape index (κ1) is 27.1. The van der Waals surface area contributed by atoms with Crippen LogP contribution < -0.4 is 10.9 Å². The Bertz CT molecular complexity index is 555. The van der Waals surface area contributed by atoms with E-state index in [9.17, 15) is 9.59 Å². The van der Waals surface area contributed by atoms with Crippen LogP contribution >= 0.6 is 0 Å². The van der Waals surface area contributed by atoms with Crippen LogP contribution in [0.4, 0.5) is 0 Å². The maximum absolute atomic E-state index is 12.7. The fraction of sp³-hybridized carbons (Fsp3) is 0.857. The Hall–Kier alpha value is -0.920. The third-order valence-corrected chi connectivity index (χ3v) is 6.93. The SMILES string of the molecule is CCCCCCC(CCCCC)c1c(C(CCCCC)CCCCCC)c(=O)c1=O. The molecule has 0 fully saturated rings. The Labute approximate surface area is 186 Å². The minimum atomic E-state index is -0.129. The van der Waals surface area contributed by atoms with Crippen molar-refractivity contribution in [2.75, 3.05) is 0 Å². The maximum Gasteiger partial charge on any atom is 0.229 e. The largest absolute Gasteiger partial charge is 0.285 e. The van der Waals surface area contributed by atoms with Gasteiger partial charge in [-0.25, -0.2) is 0 Å². The molecule has 0 aliphatic carbocycles. The van der Waals surface area contributed by atoms with Crippen LogP contribution in [0.5, 0.6) is 0 Å². The van der Waals surface area contributed by atoms with Crippen molar-refractivity contribution in [3.63, 3.8) is 0 Å². The van der Waals surface area contributed by atoms with Gasteiger partial charge in [-0.05, 0) is 37.5 Å². The summed E-state index contributed by atoms with van der Waals surface area (Å²) in [5.41, 5.74) is 1.70. The highest BCUT2D eigenvalue weighted by Gasteiger charge is 2.31. The molecule has 30 heavy (non-hydrogen) atoms. The van der Waals surface area contributed by atoms with Gasteiger partial charge >= 0.3 is 0 Å². The highest BCUT2D eigenvalue weighted by Crippen LogP contribution is 2.35. The average molecular weight is 419 g/mol. The molecule has 0 radical (unpaired) electrons. The first-order valence-electron chi connectivity index (χ1n) is 13.4. The minimum Gasteiger partial charge on any atom is -0.285 e. The van der Waals surface area contributed by atoms with Crippen molar-refractivity contribution in [1.29, 1.82) is 0 Å². The first-order valence-corrected chi connectivity index (χ1v) is 13.4. The molecule has 2 unspecified atom stereocenters. The van der Waals surface area contributed by atoms with Gasteiger partial charge in [0.1, 0.15) is 0 Å². The van der Waals surface area contributed by atoms with Gasteiger partial charge in [-0.15, -0.1) is 0 Å². The lowest BCUT2D eigenvalue weighted by molar-refractivity contribution is 0.464. The van der Waals surface area contributed by atoms with E-state index in [0.717, 1.165) is 36.8 Å². The molecule has 1 aromatic rings. The van der Waals surface area contributed by atoms with E-state index < -0.39 is 0 Å². The maximum atomic E-state index is 12.7. The van der Waals surface area contributed by atoms with E-state index in [0.29, 0.717) is 11.8 Å². The van der Waals surface area contributed by atoms with Gasteiger partial charge in [0.05, 0.1) is 0 Å². The summed E-state index contributed by atoms with van der Waals surface area (Å²) in [5.74, 6) is 0.663. The van der Waals surface area contributed by atoms with E-state index in [1.807, 2.05) is 0 Å². The van der Waals surface area contributed by atoms with E-state index in [-0.39, 0.29) is 10.9 Å². The summed E-state index contributed by atoms with van der Waals surface area (Å²) in [4.78, 5) is 25.5. The zero-order valence-corrected chi connectivity index (χ0v) is 20.7. The van der Waals surface area contributed by atoms with Crippen LogP contribution in [0.3, 0.4) is 0 Å². The normalized spacial score (nSPS) is 13.7. The van der Waals surface area contributed by atoms with Crippen molar-refractivity contribution in [3.05, 3.63) is 31.6 Å². The summed E-state index contributed by atoms with van der Waals surface area (Å²) in [6.07, 6.45) is 21.5. The first-order chi connectivity index (χ1) is 14.6. The highest BCUT2D eigenvalue weighted by atomic mass is 16.2. The Morgan fingerprint density at radius 3 is 1.00 bits per heavy atom. The molecule has 1 rings (SSSR count). The van der Waals surface area contributed by atoms with E-state index in [4.69, 9.17) is 0 Å². The lowest BCUT2D eigenvalue weighted by atomic mass is 9.75. The molecule has 174 valence electrons. The second-order valence-corrected chi connectivity index (χ2v) is 9.57. The summed E-state index contributed by atoms with van der Waals surface area (Å²) in [6, 6.07) is 0. The van der Waals surface area contributed by atoms with Gasteiger partial charge in [-0.3, -0.25) is 9.59 Å². The second kappa shape index (κ2) is 16.7. The number of rotatable bonds is 20. The summed E-state index contributed by atoms with van der Waals surface area (Å²) < 4.78 is 0. The summed E-state index contributed by atoms with van der Waals surface area (Å²) in [7, 11) is 0. The molecular weight excluding hydrogens is 368 g/mol. The van der Waals surface area contributed by atoms with Crippen LogP contribution in [-0.4, -0.2) is 0 Å². The Balaban J connectivity index is 2.98. The van der Waals surface area contributed by atoms with E-state index in [2.05, 4.69) is 27.7 Å². The summed E-state index contributed by atoms with van der Waals surface area (Å²) >= 11 is 0. The average Bonchev–Trinajstić information content (AvgIpc) is 2.75. The molecule has 0 N–H and O–H groups in total. The van der Waals surface area contributed by atoms with Crippen molar-refractivity contribution in [2.45, 2.75) is 155 Å². The van der Waals surface area contributed by atoms with Crippen LogP contribution in [0.2, 0.25) is 0 Å². The third-order valence-electron chi connectivity index (χ3n) is 6.93. The van der Waals surface area contributed by atoms with Crippen molar-refractivity contribution in [1.82, 2.24) is 0 Å². The van der Waals surface area contributed by atoms with Gasteiger partial charge < -0.3 is 0 Å². The molecule has 0 aliphatic rings. The molecule has 0 saturated heterocycles. The molecule has 0 heterocycles. The van der Waals surface area contributed by atoms with Crippen LogP contribution in [0.1, 0.15) is 166 Å². The molecule has 2 heteroatoms. The number of hydrogen-bond acceptors (Lipinski definition) is 2.